The van der Waals surface area contributed by atoms with Crippen molar-refractivity contribution in [2.24, 2.45) is 0 Å². The third kappa shape index (κ3) is 3.83. The quantitative estimate of drug-likeness (QED) is 0.919. The van der Waals surface area contributed by atoms with Gasteiger partial charge in [-0.3, -0.25) is 4.79 Å². The molecule has 1 N–H and O–H groups in total. The summed E-state index contributed by atoms with van der Waals surface area (Å²) in [5.41, 5.74) is 3.77. The van der Waals surface area contributed by atoms with Gasteiger partial charge in [-0.25, -0.2) is 0 Å². The fraction of sp³-hybridized carbons (Fsp3) is 0.588. The Bertz CT molecular complexity index is 462. The van der Waals surface area contributed by atoms with Gasteiger partial charge in [0.15, 0.2) is 0 Å². The van der Waals surface area contributed by atoms with E-state index < -0.39 is 0 Å². The van der Waals surface area contributed by atoms with Crippen molar-refractivity contribution in [3.63, 3.8) is 0 Å². The SMILES string of the molecule is Cc1ccc(CN(C)C(=O)C2CCCCCN2)c(C)c1. The molecular formula is C17H26N2O. The number of amides is 1. The summed E-state index contributed by atoms with van der Waals surface area (Å²) in [6.45, 7) is 5.88. The second-order valence-corrected chi connectivity index (χ2v) is 5.98. The van der Waals surface area contributed by atoms with Gasteiger partial charge in [-0.15, -0.1) is 0 Å². The van der Waals surface area contributed by atoms with Crippen LogP contribution in [0, 0.1) is 13.8 Å². The summed E-state index contributed by atoms with van der Waals surface area (Å²) in [5.74, 6) is 0.229. The van der Waals surface area contributed by atoms with E-state index in [4.69, 9.17) is 0 Å². The zero-order chi connectivity index (χ0) is 14.5. The summed E-state index contributed by atoms with van der Waals surface area (Å²) in [4.78, 5) is 14.4. The lowest BCUT2D eigenvalue weighted by Crippen LogP contribution is -2.44. The lowest BCUT2D eigenvalue weighted by atomic mass is 10.0. The van der Waals surface area contributed by atoms with Crippen LogP contribution in [0.4, 0.5) is 0 Å². The summed E-state index contributed by atoms with van der Waals surface area (Å²) in [5, 5.41) is 3.38. The first-order valence-corrected chi connectivity index (χ1v) is 7.62. The Labute approximate surface area is 122 Å². The van der Waals surface area contributed by atoms with E-state index in [-0.39, 0.29) is 11.9 Å². The summed E-state index contributed by atoms with van der Waals surface area (Å²) in [7, 11) is 1.91. The van der Waals surface area contributed by atoms with E-state index in [2.05, 4.69) is 37.4 Å². The van der Waals surface area contributed by atoms with Crippen LogP contribution in [0.15, 0.2) is 18.2 Å². The van der Waals surface area contributed by atoms with E-state index in [1.54, 1.807) is 0 Å². The number of rotatable bonds is 3. The molecular weight excluding hydrogens is 248 g/mol. The molecule has 1 aliphatic rings. The van der Waals surface area contributed by atoms with Gasteiger partial charge < -0.3 is 10.2 Å². The van der Waals surface area contributed by atoms with Crippen molar-refractivity contribution in [3.05, 3.63) is 34.9 Å². The Hall–Kier alpha value is -1.35. The summed E-state index contributed by atoms with van der Waals surface area (Å²) < 4.78 is 0. The first-order valence-electron chi connectivity index (χ1n) is 7.62. The minimum absolute atomic E-state index is 0.00764. The van der Waals surface area contributed by atoms with E-state index >= 15 is 0 Å². The van der Waals surface area contributed by atoms with Crippen molar-refractivity contribution in [2.45, 2.75) is 52.1 Å². The predicted octanol–water partition coefficient (Wildman–Crippen LogP) is 2.79. The molecule has 3 heteroatoms. The molecule has 2 rings (SSSR count). The number of aryl methyl sites for hydroxylation is 2. The smallest absolute Gasteiger partial charge is 0.239 e. The lowest BCUT2D eigenvalue weighted by Gasteiger charge is -2.24. The van der Waals surface area contributed by atoms with Crippen LogP contribution in [-0.2, 0) is 11.3 Å². The molecule has 1 aromatic rings. The second kappa shape index (κ2) is 6.89. The standard InChI is InChI=1S/C17H26N2O/c1-13-8-9-15(14(2)11-13)12-19(3)17(20)16-7-5-4-6-10-18-16/h8-9,11,16,18H,4-7,10,12H2,1-3H3. The Morgan fingerprint density at radius 2 is 2.10 bits per heavy atom. The molecule has 0 aromatic heterocycles. The Balaban J connectivity index is 1.99. The van der Waals surface area contributed by atoms with Crippen LogP contribution in [0.1, 0.15) is 42.4 Å². The van der Waals surface area contributed by atoms with Crippen LogP contribution in [-0.4, -0.2) is 30.4 Å². The van der Waals surface area contributed by atoms with E-state index in [9.17, 15) is 4.79 Å². The molecule has 1 heterocycles. The van der Waals surface area contributed by atoms with Crippen LogP contribution < -0.4 is 5.32 Å². The zero-order valence-electron chi connectivity index (χ0n) is 12.9. The van der Waals surface area contributed by atoms with Crippen molar-refractivity contribution >= 4 is 5.91 Å². The number of benzene rings is 1. The molecule has 20 heavy (non-hydrogen) atoms. The molecule has 1 saturated heterocycles. The topological polar surface area (TPSA) is 32.3 Å². The highest BCUT2D eigenvalue weighted by molar-refractivity contribution is 5.81. The number of nitrogens with zero attached hydrogens (tertiary/aromatic N) is 1. The van der Waals surface area contributed by atoms with Gasteiger partial charge in [0, 0.05) is 13.6 Å². The summed E-state index contributed by atoms with van der Waals surface area (Å²) in [6, 6.07) is 6.44. The first kappa shape index (κ1) is 15.0. The number of hydrogen-bond donors (Lipinski definition) is 1. The highest BCUT2D eigenvalue weighted by Gasteiger charge is 2.22. The highest BCUT2D eigenvalue weighted by atomic mass is 16.2. The van der Waals surface area contributed by atoms with Crippen molar-refractivity contribution < 1.29 is 4.79 Å². The molecule has 1 unspecified atom stereocenters. The molecule has 1 aromatic carbocycles. The second-order valence-electron chi connectivity index (χ2n) is 5.98. The Morgan fingerprint density at radius 1 is 1.30 bits per heavy atom. The molecule has 1 atom stereocenters. The van der Waals surface area contributed by atoms with E-state index in [1.165, 1.54) is 29.5 Å². The zero-order valence-corrected chi connectivity index (χ0v) is 12.9. The molecule has 0 radical (unpaired) electrons. The van der Waals surface area contributed by atoms with Gasteiger partial charge in [0.05, 0.1) is 6.04 Å². The average Bonchev–Trinajstić information content (AvgIpc) is 2.70. The summed E-state index contributed by atoms with van der Waals surface area (Å²) >= 11 is 0. The summed E-state index contributed by atoms with van der Waals surface area (Å²) in [6.07, 6.45) is 4.54. The molecule has 3 nitrogen and oxygen atoms in total. The Kier molecular flexibility index (Phi) is 5.18. The number of hydrogen-bond acceptors (Lipinski definition) is 2. The molecule has 1 amide bonds. The molecule has 0 aliphatic carbocycles. The van der Waals surface area contributed by atoms with Crippen LogP contribution in [0.3, 0.4) is 0 Å². The third-order valence-corrected chi connectivity index (χ3v) is 4.14. The monoisotopic (exact) mass is 274 g/mol. The van der Waals surface area contributed by atoms with Gasteiger partial charge in [-0.05, 0) is 44.4 Å². The van der Waals surface area contributed by atoms with E-state index in [0.717, 1.165) is 19.4 Å². The van der Waals surface area contributed by atoms with Gasteiger partial charge in [-0.1, -0.05) is 36.6 Å². The maximum absolute atomic E-state index is 12.5. The van der Waals surface area contributed by atoms with Gasteiger partial charge in [-0.2, -0.15) is 0 Å². The fourth-order valence-corrected chi connectivity index (χ4v) is 2.86. The van der Waals surface area contributed by atoms with Crippen LogP contribution >= 0.6 is 0 Å². The van der Waals surface area contributed by atoms with Gasteiger partial charge >= 0.3 is 0 Å². The molecule has 1 fully saturated rings. The van der Waals surface area contributed by atoms with Crippen molar-refractivity contribution in [1.82, 2.24) is 10.2 Å². The largest absolute Gasteiger partial charge is 0.340 e. The maximum atomic E-state index is 12.5. The molecule has 0 saturated carbocycles. The van der Waals surface area contributed by atoms with Crippen LogP contribution in [0.25, 0.3) is 0 Å². The number of carbonyl (C=O) groups excluding carboxylic acids is 1. The van der Waals surface area contributed by atoms with Crippen molar-refractivity contribution in [3.8, 4) is 0 Å². The highest BCUT2D eigenvalue weighted by Crippen LogP contribution is 2.15. The van der Waals surface area contributed by atoms with Crippen molar-refractivity contribution in [1.29, 1.82) is 0 Å². The lowest BCUT2D eigenvalue weighted by molar-refractivity contribution is -0.132. The molecule has 0 bridgehead atoms. The van der Waals surface area contributed by atoms with Gasteiger partial charge in [0.1, 0.15) is 0 Å². The van der Waals surface area contributed by atoms with E-state index in [1.807, 2.05) is 11.9 Å². The normalized spacial score (nSPS) is 19.4. The number of likely N-dealkylation sites (N-methyl/N-ethyl adjacent to an activating group) is 1. The first-order chi connectivity index (χ1) is 9.58. The van der Waals surface area contributed by atoms with Crippen molar-refractivity contribution in [2.75, 3.05) is 13.6 Å². The predicted molar refractivity (Wildman–Crippen MR) is 82.6 cm³/mol. The molecule has 110 valence electrons. The van der Waals surface area contributed by atoms with Crippen LogP contribution in [0.5, 0.6) is 0 Å². The maximum Gasteiger partial charge on any atom is 0.239 e. The fourth-order valence-electron chi connectivity index (χ4n) is 2.86. The molecule has 0 spiro atoms. The minimum Gasteiger partial charge on any atom is -0.340 e. The Morgan fingerprint density at radius 3 is 2.85 bits per heavy atom. The van der Waals surface area contributed by atoms with Crippen LogP contribution in [0.2, 0.25) is 0 Å². The number of carbonyl (C=O) groups is 1. The third-order valence-electron chi connectivity index (χ3n) is 4.14. The minimum atomic E-state index is 0.00764. The van der Waals surface area contributed by atoms with Gasteiger partial charge in [0.2, 0.25) is 5.91 Å². The van der Waals surface area contributed by atoms with E-state index in [0.29, 0.717) is 6.54 Å². The average molecular weight is 274 g/mol. The number of nitrogens with one attached hydrogen (secondary N) is 1. The molecule has 1 aliphatic heterocycles. The van der Waals surface area contributed by atoms with Gasteiger partial charge in [0.25, 0.3) is 0 Å².